The molecule has 0 fully saturated rings. The summed E-state index contributed by atoms with van der Waals surface area (Å²) < 4.78 is 11.4. The Morgan fingerprint density at radius 1 is 0.727 bits per heavy atom. The summed E-state index contributed by atoms with van der Waals surface area (Å²) in [5.41, 5.74) is 6.83. The van der Waals surface area contributed by atoms with Crippen LogP contribution in [0.15, 0.2) is 54.6 Å². The van der Waals surface area contributed by atoms with E-state index < -0.39 is 0 Å². The molecule has 0 aliphatic rings. The highest BCUT2D eigenvalue weighted by atomic mass is 16.5. The number of hydrogen-bond acceptors (Lipinski definition) is 3. The van der Waals surface area contributed by atoms with Gasteiger partial charge in [0.1, 0.15) is 11.5 Å². The molecule has 0 unspecified atom stereocenters. The molecule has 0 aliphatic carbocycles. The lowest BCUT2D eigenvalue weighted by molar-refractivity contribution is 0.266. The summed E-state index contributed by atoms with van der Waals surface area (Å²) in [4.78, 5) is 0. The van der Waals surface area contributed by atoms with E-state index >= 15 is 0 Å². The van der Waals surface area contributed by atoms with Crippen molar-refractivity contribution >= 4 is 0 Å². The third-order valence-corrected chi connectivity index (χ3v) is 3.39. The Balaban J connectivity index is 1.60. The van der Waals surface area contributed by atoms with Crippen molar-refractivity contribution in [2.24, 2.45) is 5.73 Å². The van der Waals surface area contributed by atoms with Gasteiger partial charge >= 0.3 is 0 Å². The summed E-state index contributed by atoms with van der Waals surface area (Å²) in [6, 6.07) is 18.2. The zero-order valence-electron chi connectivity index (χ0n) is 13.0. The monoisotopic (exact) mass is 299 g/mol. The summed E-state index contributed by atoms with van der Waals surface area (Å²) >= 11 is 0. The summed E-state index contributed by atoms with van der Waals surface area (Å²) in [6.45, 7) is 2.18. The van der Waals surface area contributed by atoms with Crippen LogP contribution in [0, 0.1) is 0 Å². The second-order valence-electron chi connectivity index (χ2n) is 5.26. The number of ether oxygens (including phenoxy) is 2. The van der Waals surface area contributed by atoms with E-state index in [0.717, 1.165) is 56.9 Å². The summed E-state index contributed by atoms with van der Waals surface area (Å²) in [5.74, 6) is 1.87. The fourth-order valence-corrected chi connectivity index (χ4v) is 2.20. The minimum absolute atomic E-state index is 0.721. The van der Waals surface area contributed by atoms with Crippen molar-refractivity contribution in [1.82, 2.24) is 0 Å². The molecule has 0 atom stereocenters. The normalized spacial score (nSPS) is 10.4. The largest absolute Gasteiger partial charge is 0.494 e. The van der Waals surface area contributed by atoms with Crippen LogP contribution in [-0.4, -0.2) is 19.8 Å². The Hall–Kier alpha value is -2.00. The number of rotatable bonds is 10. The highest BCUT2D eigenvalue weighted by Crippen LogP contribution is 2.15. The highest BCUT2D eigenvalue weighted by Gasteiger charge is 1.98. The molecule has 0 aliphatic heterocycles. The molecule has 0 radical (unpaired) electrons. The van der Waals surface area contributed by atoms with Gasteiger partial charge in [0.25, 0.3) is 0 Å². The number of nitrogens with two attached hydrogens (primary N) is 1. The van der Waals surface area contributed by atoms with Gasteiger partial charge < -0.3 is 15.2 Å². The maximum absolute atomic E-state index is 5.79. The van der Waals surface area contributed by atoms with E-state index in [4.69, 9.17) is 15.2 Å². The minimum atomic E-state index is 0.721. The van der Waals surface area contributed by atoms with Gasteiger partial charge in [0.05, 0.1) is 13.2 Å². The topological polar surface area (TPSA) is 44.5 Å². The molecule has 118 valence electrons. The van der Waals surface area contributed by atoms with Crippen LogP contribution in [0.5, 0.6) is 11.5 Å². The summed E-state index contributed by atoms with van der Waals surface area (Å²) in [5, 5.41) is 0. The molecule has 2 rings (SSSR count). The van der Waals surface area contributed by atoms with Gasteiger partial charge in [-0.3, -0.25) is 0 Å². The maximum atomic E-state index is 5.79. The molecule has 2 aromatic rings. The zero-order valence-corrected chi connectivity index (χ0v) is 13.0. The van der Waals surface area contributed by atoms with Crippen LogP contribution in [-0.2, 0) is 6.42 Å². The van der Waals surface area contributed by atoms with Crippen molar-refractivity contribution in [2.45, 2.75) is 25.7 Å². The SMILES string of the molecule is NCCCc1cccc(OCCCCOc2ccccc2)c1. The van der Waals surface area contributed by atoms with Gasteiger partial charge in [0, 0.05) is 0 Å². The fraction of sp³-hybridized carbons (Fsp3) is 0.368. The Labute approximate surface area is 133 Å². The first-order valence-electron chi connectivity index (χ1n) is 7.98. The summed E-state index contributed by atoms with van der Waals surface area (Å²) in [7, 11) is 0. The van der Waals surface area contributed by atoms with E-state index in [-0.39, 0.29) is 0 Å². The van der Waals surface area contributed by atoms with Gasteiger partial charge in [-0.2, -0.15) is 0 Å². The molecule has 0 saturated carbocycles. The number of hydrogen-bond donors (Lipinski definition) is 1. The van der Waals surface area contributed by atoms with E-state index in [1.54, 1.807) is 0 Å². The molecule has 0 aromatic heterocycles. The average Bonchev–Trinajstić information content (AvgIpc) is 2.57. The first-order chi connectivity index (χ1) is 10.9. The molecule has 0 amide bonds. The predicted molar refractivity (Wildman–Crippen MR) is 90.5 cm³/mol. The highest BCUT2D eigenvalue weighted by molar-refractivity contribution is 5.28. The molecule has 2 aromatic carbocycles. The average molecular weight is 299 g/mol. The van der Waals surface area contributed by atoms with E-state index in [9.17, 15) is 0 Å². The van der Waals surface area contributed by atoms with E-state index in [0.29, 0.717) is 0 Å². The van der Waals surface area contributed by atoms with Crippen molar-refractivity contribution in [3.63, 3.8) is 0 Å². The van der Waals surface area contributed by atoms with Crippen molar-refractivity contribution < 1.29 is 9.47 Å². The van der Waals surface area contributed by atoms with Crippen LogP contribution in [0.2, 0.25) is 0 Å². The van der Waals surface area contributed by atoms with Crippen LogP contribution in [0.25, 0.3) is 0 Å². The van der Waals surface area contributed by atoms with Crippen molar-refractivity contribution in [2.75, 3.05) is 19.8 Å². The van der Waals surface area contributed by atoms with Crippen LogP contribution >= 0.6 is 0 Å². The van der Waals surface area contributed by atoms with Gasteiger partial charge in [-0.15, -0.1) is 0 Å². The Morgan fingerprint density at radius 2 is 1.41 bits per heavy atom. The lowest BCUT2D eigenvalue weighted by Crippen LogP contribution is -2.03. The lowest BCUT2D eigenvalue weighted by Gasteiger charge is -2.09. The molecule has 0 spiro atoms. The second kappa shape index (κ2) is 9.85. The molecule has 3 nitrogen and oxygen atoms in total. The van der Waals surface area contributed by atoms with E-state index in [1.165, 1.54) is 5.56 Å². The number of benzene rings is 2. The molecular formula is C19H25NO2. The minimum Gasteiger partial charge on any atom is -0.494 e. The Morgan fingerprint density at radius 3 is 2.14 bits per heavy atom. The molecule has 0 heterocycles. The predicted octanol–water partition coefficient (Wildman–Crippen LogP) is 3.82. The smallest absolute Gasteiger partial charge is 0.119 e. The number of aryl methyl sites for hydroxylation is 1. The molecule has 0 bridgehead atoms. The van der Waals surface area contributed by atoms with E-state index in [2.05, 4.69) is 12.1 Å². The Bertz CT molecular complexity index is 528. The first-order valence-corrected chi connectivity index (χ1v) is 7.98. The lowest BCUT2D eigenvalue weighted by atomic mass is 10.1. The Kier molecular flexibility index (Phi) is 7.33. The molecular weight excluding hydrogens is 274 g/mol. The van der Waals surface area contributed by atoms with Crippen LogP contribution < -0.4 is 15.2 Å². The number of unbranched alkanes of at least 4 members (excludes halogenated alkanes) is 1. The molecule has 3 heteroatoms. The molecule has 22 heavy (non-hydrogen) atoms. The van der Waals surface area contributed by atoms with Crippen molar-refractivity contribution in [3.05, 3.63) is 60.2 Å². The van der Waals surface area contributed by atoms with Crippen LogP contribution in [0.4, 0.5) is 0 Å². The van der Waals surface area contributed by atoms with Gasteiger partial charge in [-0.1, -0.05) is 30.3 Å². The van der Waals surface area contributed by atoms with Gasteiger partial charge in [-0.25, -0.2) is 0 Å². The van der Waals surface area contributed by atoms with Crippen LogP contribution in [0.1, 0.15) is 24.8 Å². The third kappa shape index (κ3) is 6.19. The number of para-hydroxylation sites is 1. The van der Waals surface area contributed by atoms with Gasteiger partial charge in [0.15, 0.2) is 0 Å². The molecule has 2 N–H and O–H groups in total. The van der Waals surface area contributed by atoms with E-state index in [1.807, 2.05) is 42.5 Å². The summed E-state index contributed by atoms with van der Waals surface area (Å²) in [6.07, 6.45) is 4.00. The van der Waals surface area contributed by atoms with Crippen molar-refractivity contribution in [3.8, 4) is 11.5 Å². The first kappa shape index (κ1) is 16.4. The third-order valence-electron chi connectivity index (χ3n) is 3.39. The molecule has 0 saturated heterocycles. The quantitative estimate of drug-likeness (QED) is 0.678. The standard InChI is InChI=1S/C19H25NO2/c20-13-7-9-17-8-6-12-19(16-17)22-15-5-4-14-21-18-10-2-1-3-11-18/h1-3,6,8,10-12,16H,4-5,7,9,13-15,20H2. The van der Waals surface area contributed by atoms with Crippen LogP contribution in [0.3, 0.4) is 0 Å². The fourth-order valence-electron chi connectivity index (χ4n) is 2.20. The van der Waals surface area contributed by atoms with Crippen molar-refractivity contribution in [1.29, 1.82) is 0 Å². The van der Waals surface area contributed by atoms with Gasteiger partial charge in [-0.05, 0) is 62.1 Å². The second-order valence-corrected chi connectivity index (χ2v) is 5.26. The zero-order chi connectivity index (χ0) is 15.5. The van der Waals surface area contributed by atoms with Gasteiger partial charge in [0.2, 0.25) is 0 Å². The maximum Gasteiger partial charge on any atom is 0.119 e.